The second-order valence-corrected chi connectivity index (χ2v) is 6.74. The van der Waals surface area contributed by atoms with Crippen LogP contribution in [-0.4, -0.2) is 29.5 Å². The van der Waals surface area contributed by atoms with Gasteiger partial charge in [0, 0.05) is 6.20 Å². The molecule has 0 radical (unpaired) electrons. The van der Waals surface area contributed by atoms with E-state index in [0.29, 0.717) is 0 Å². The molecule has 6 nitrogen and oxygen atoms in total. The lowest BCUT2D eigenvalue weighted by atomic mass is 10.2. The van der Waals surface area contributed by atoms with Gasteiger partial charge in [-0.15, -0.1) is 0 Å². The first kappa shape index (κ1) is 15.7. The van der Waals surface area contributed by atoms with Gasteiger partial charge >= 0.3 is 5.97 Å². The van der Waals surface area contributed by atoms with Crippen molar-refractivity contribution in [3.63, 3.8) is 0 Å². The van der Waals surface area contributed by atoms with E-state index >= 15 is 0 Å². The molecule has 1 aromatic heterocycles. The summed E-state index contributed by atoms with van der Waals surface area (Å²) < 4.78 is 24.8. The predicted molar refractivity (Wildman–Crippen MR) is 76.3 cm³/mol. The van der Waals surface area contributed by atoms with E-state index in [1.165, 1.54) is 18.2 Å². The third-order valence-electron chi connectivity index (χ3n) is 2.58. The van der Waals surface area contributed by atoms with Crippen LogP contribution in [0.4, 0.5) is 0 Å². The zero-order chi connectivity index (χ0) is 15.6. The summed E-state index contributed by atoms with van der Waals surface area (Å²) >= 11 is 11.7. The van der Waals surface area contributed by atoms with E-state index in [0.717, 1.165) is 12.5 Å². The molecule has 0 bridgehead atoms. The molecule has 0 atom stereocenters. The lowest BCUT2D eigenvalue weighted by molar-refractivity contribution is 0.0695. The molecule has 9 heteroatoms. The molecule has 0 aliphatic heterocycles. The molecule has 0 unspecified atom stereocenters. The van der Waals surface area contributed by atoms with Crippen LogP contribution >= 0.6 is 23.2 Å². The molecule has 110 valence electrons. The smallest absolute Gasteiger partial charge is 0.339 e. The van der Waals surface area contributed by atoms with Crippen LogP contribution in [0.3, 0.4) is 0 Å². The van der Waals surface area contributed by atoms with Crippen molar-refractivity contribution in [3.8, 4) is 0 Å². The van der Waals surface area contributed by atoms with Crippen LogP contribution in [-0.2, 0) is 15.6 Å². The highest BCUT2D eigenvalue weighted by molar-refractivity contribution is 7.90. The summed E-state index contributed by atoms with van der Waals surface area (Å²) in [5, 5.41) is 8.95. The van der Waals surface area contributed by atoms with E-state index in [1.54, 1.807) is 0 Å². The second-order valence-electron chi connectivity index (χ2n) is 4.00. The number of carboxylic acid groups (broad SMARTS) is 1. The number of carboxylic acids is 1. The number of rotatable bonds is 4. The van der Waals surface area contributed by atoms with Crippen LogP contribution in [0.1, 0.15) is 16.1 Å². The molecule has 2 aromatic rings. The fourth-order valence-electron chi connectivity index (χ4n) is 1.68. The highest BCUT2D eigenvalue weighted by atomic mass is 35.5. The monoisotopic (exact) mass is 346 g/mol. The number of benzene rings is 1. The van der Waals surface area contributed by atoms with Gasteiger partial charge in [0.05, 0.1) is 21.5 Å². The minimum absolute atomic E-state index is 0.0339. The number of nitrogens with zero attached hydrogens (tertiary/aromatic N) is 2. The Morgan fingerprint density at radius 1 is 1.24 bits per heavy atom. The van der Waals surface area contributed by atoms with Crippen molar-refractivity contribution in [2.75, 3.05) is 0 Å². The lowest BCUT2D eigenvalue weighted by Gasteiger charge is -2.09. The van der Waals surface area contributed by atoms with Crippen molar-refractivity contribution in [1.82, 2.24) is 9.97 Å². The van der Waals surface area contributed by atoms with Gasteiger partial charge in [0.1, 0.15) is 16.8 Å². The number of hydrogen-bond donors (Lipinski definition) is 1. The van der Waals surface area contributed by atoms with Gasteiger partial charge in [0.25, 0.3) is 0 Å². The molecule has 0 aliphatic rings. The van der Waals surface area contributed by atoms with Crippen molar-refractivity contribution in [2.24, 2.45) is 0 Å². The van der Waals surface area contributed by atoms with Crippen molar-refractivity contribution in [3.05, 3.63) is 52.0 Å². The second kappa shape index (κ2) is 5.97. The molecule has 1 N–H and O–H groups in total. The third kappa shape index (κ3) is 3.31. The standard InChI is InChI=1S/C12H8Cl2N2O4S/c13-8-2-1-3-9(14)11(8)21(19,20)5-10-7(12(17)18)4-15-6-16-10/h1-4,6H,5H2,(H,17,18). The van der Waals surface area contributed by atoms with Crippen molar-refractivity contribution in [1.29, 1.82) is 0 Å². The van der Waals surface area contributed by atoms with Crippen LogP contribution < -0.4 is 0 Å². The summed E-state index contributed by atoms with van der Waals surface area (Å²) in [6, 6.07) is 4.29. The molecule has 0 amide bonds. The first-order valence-corrected chi connectivity index (χ1v) is 7.92. The Balaban J connectivity index is 2.51. The zero-order valence-corrected chi connectivity index (χ0v) is 12.7. The molecule has 0 fully saturated rings. The van der Waals surface area contributed by atoms with Crippen LogP contribution in [0.2, 0.25) is 10.0 Å². The van der Waals surface area contributed by atoms with Crippen LogP contribution in [0.15, 0.2) is 35.6 Å². The highest BCUT2D eigenvalue weighted by Crippen LogP contribution is 2.31. The molecule has 0 saturated heterocycles. The van der Waals surface area contributed by atoms with Gasteiger partial charge in [-0.3, -0.25) is 0 Å². The molecule has 0 aliphatic carbocycles. The number of carbonyl (C=O) groups is 1. The van der Waals surface area contributed by atoms with E-state index in [-0.39, 0.29) is 26.2 Å². The number of sulfone groups is 1. The molecule has 1 heterocycles. The SMILES string of the molecule is O=C(O)c1cncnc1CS(=O)(=O)c1c(Cl)cccc1Cl. The Morgan fingerprint density at radius 2 is 1.86 bits per heavy atom. The number of aromatic carboxylic acids is 1. The Kier molecular flexibility index (Phi) is 4.46. The summed E-state index contributed by atoms with van der Waals surface area (Å²) in [5.74, 6) is -1.95. The van der Waals surface area contributed by atoms with Gasteiger partial charge in [-0.1, -0.05) is 29.3 Å². The van der Waals surface area contributed by atoms with Crippen LogP contribution in [0.5, 0.6) is 0 Å². The normalized spacial score (nSPS) is 11.3. The number of hydrogen-bond acceptors (Lipinski definition) is 5. The maximum atomic E-state index is 12.4. The molecular formula is C12H8Cl2N2O4S. The zero-order valence-electron chi connectivity index (χ0n) is 10.3. The van der Waals surface area contributed by atoms with E-state index < -0.39 is 21.6 Å². The molecule has 1 aromatic carbocycles. The highest BCUT2D eigenvalue weighted by Gasteiger charge is 2.25. The predicted octanol–water partition coefficient (Wildman–Crippen LogP) is 2.46. The minimum Gasteiger partial charge on any atom is -0.478 e. The van der Waals surface area contributed by atoms with E-state index in [9.17, 15) is 13.2 Å². The van der Waals surface area contributed by atoms with Gasteiger partial charge in [-0.05, 0) is 12.1 Å². The Morgan fingerprint density at radius 3 is 2.43 bits per heavy atom. The molecule has 2 rings (SSSR count). The minimum atomic E-state index is -3.95. The maximum Gasteiger partial charge on any atom is 0.339 e. The number of aromatic nitrogens is 2. The van der Waals surface area contributed by atoms with Crippen LogP contribution in [0.25, 0.3) is 0 Å². The quantitative estimate of drug-likeness (QED) is 0.912. The first-order chi connectivity index (χ1) is 9.83. The lowest BCUT2D eigenvalue weighted by Crippen LogP contribution is -2.12. The largest absolute Gasteiger partial charge is 0.478 e. The van der Waals surface area contributed by atoms with E-state index in [2.05, 4.69) is 9.97 Å². The van der Waals surface area contributed by atoms with E-state index in [1.807, 2.05) is 0 Å². The average Bonchev–Trinajstić information content (AvgIpc) is 2.37. The van der Waals surface area contributed by atoms with Gasteiger partial charge in [-0.2, -0.15) is 0 Å². The van der Waals surface area contributed by atoms with Gasteiger partial charge < -0.3 is 5.11 Å². The van der Waals surface area contributed by atoms with Gasteiger partial charge in [0.2, 0.25) is 0 Å². The van der Waals surface area contributed by atoms with Crippen molar-refractivity contribution >= 4 is 39.0 Å². The molecule has 21 heavy (non-hydrogen) atoms. The maximum absolute atomic E-state index is 12.4. The Hall–Kier alpha value is -1.70. The van der Waals surface area contributed by atoms with E-state index in [4.69, 9.17) is 28.3 Å². The molecular weight excluding hydrogens is 339 g/mol. The molecule has 0 saturated carbocycles. The van der Waals surface area contributed by atoms with Crippen molar-refractivity contribution in [2.45, 2.75) is 10.6 Å². The summed E-state index contributed by atoms with van der Waals surface area (Å²) in [4.78, 5) is 18.1. The van der Waals surface area contributed by atoms with Crippen LogP contribution in [0, 0.1) is 0 Å². The fourth-order valence-corrected chi connectivity index (χ4v) is 4.25. The Bertz CT molecular complexity index is 788. The van der Waals surface area contributed by atoms with Crippen molar-refractivity contribution < 1.29 is 18.3 Å². The summed E-state index contributed by atoms with van der Waals surface area (Å²) in [6.45, 7) is 0. The molecule has 0 spiro atoms. The Labute approximate surface area is 130 Å². The summed E-state index contributed by atoms with van der Waals surface area (Å²) in [7, 11) is -3.95. The summed E-state index contributed by atoms with van der Waals surface area (Å²) in [5.41, 5.74) is -0.419. The summed E-state index contributed by atoms with van der Waals surface area (Å²) in [6.07, 6.45) is 2.11. The topological polar surface area (TPSA) is 97.2 Å². The average molecular weight is 347 g/mol. The first-order valence-electron chi connectivity index (χ1n) is 5.52. The number of halogens is 2. The fraction of sp³-hybridized carbons (Fsp3) is 0.0833. The van der Waals surface area contributed by atoms with Gasteiger partial charge in [-0.25, -0.2) is 23.2 Å². The van der Waals surface area contributed by atoms with Gasteiger partial charge in [0.15, 0.2) is 9.84 Å². The third-order valence-corrected chi connectivity index (χ3v) is 5.15.